The molecule has 3 aromatic rings. The highest BCUT2D eigenvalue weighted by Gasteiger charge is 2.21. The number of nitrogens with one attached hydrogen (secondary N) is 1. The maximum Gasteiger partial charge on any atom is 0.336 e. The number of carbonyl (C=O) groups is 2. The lowest BCUT2D eigenvalue weighted by Gasteiger charge is -2.16. The van der Waals surface area contributed by atoms with Gasteiger partial charge in [-0.25, -0.2) is 9.18 Å². The van der Waals surface area contributed by atoms with E-state index in [1.165, 1.54) is 37.4 Å². The number of fused-ring (bicyclic) bond motifs is 1. The standard InChI is InChI=1S/C21H19FN2O5/c1-28-15-6-7-16-13(10-20(26)29-18(16)11-15)9-17(21(23)27)24-19(25)8-12-2-4-14(22)5-3-12/h2-7,10-11,17H,8-9H2,1H3,(H2,23,27)(H,24,25)/t17-/m0/s1. The topological polar surface area (TPSA) is 112 Å². The highest BCUT2D eigenvalue weighted by Crippen LogP contribution is 2.23. The number of methoxy groups -OCH3 is 1. The van der Waals surface area contributed by atoms with Crippen LogP contribution in [0.5, 0.6) is 5.75 Å². The van der Waals surface area contributed by atoms with Crippen molar-refractivity contribution in [2.75, 3.05) is 7.11 Å². The molecule has 0 saturated carbocycles. The molecular formula is C21H19FN2O5. The Hall–Kier alpha value is -3.68. The normalized spacial score (nSPS) is 11.8. The molecule has 1 heterocycles. The van der Waals surface area contributed by atoms with E-state index in [1.54, 1.807) is 18.2 Å². The summed E-state index contributed by atoms with van der Waals surface area (Å²) in [7, 11) is 1.49. The first-order chi connectivity index (χ1) is 13.9. The molecule has 0 unspecified atom stereocenters. The van der Waals surface area contributed by atoms with E-state index in [4.69, 9.17) is 14.9 Å². The van der Waals surface area contributed by atoms with E-state index in [2.05, 4.69) is 5.32 Å². The minimum atomic E-state index is -1.03. The number of amides is 2. The van der Waals surface area contributed by atoms with Gasteiger partial charge in [0.05, 0.1) is 13.5 Å². The third-order valence-electron chi connectivity index (χ3n) is 4.42. The van der Waals surface area contributed by atoms with Crippen molar-refractivity contribution in [1.82, 2.24) is 5.32 Å². The number of primary amides is 1. The highest BCUT2D eigenvalue weighted by atomic mass is 19.1. The summed E-state index contributed by atoms with van der Waals surface area (Å²) < 4.78 is 23.3. The zero-order valence-corrected chi connectivity index (χ0v) is 15.6. The van der Waals surface area contributed by atoms with Gasteiger partial charge in [0.15, 0.2) is 0 Å². The van der Waals surface area contributed by atoms with E-state index in [0.717, 1.165) is 0 Å². The van der Waals surface area contributed by atoms with Gasteiger partial charge < -0.3 is 20.2 Å². The molecule has 3 rings (SSSR count). The lowest BCUT2D eigenvalue weighted by atomic mass is 10.0. The molecule has 0 saturated heterocycles. The fourth-order valence-corrected chi connectivity index (χ4v) is 2.98. The number of carbonyl (C=O) groups excluding carboxylic acids is 2. The second kappa shape index (κ2) is 8.55. The van der Waals surface area contributed by atoms with Crippen molar-refractivity contribution in [3.8, 4) is 5.75 Å². The first-order valence-electron chi connectivity index (χ1n) is 8.79. The third-order valence-corrected chi connectivity index (χ3v) is 4.42. The summed E-state index contributed by atoms with van der Waals surface area (Å²) in [6.07, 6.45) is -0.0299. The van der Waals surface area contributed by atoms with Crippen LogP contribution in [0.2, 0.25) is 0 Å². The first kappa shape index (κ1) is 20.1. The van der Waals surface area contributed by atoms with Crippen LogP contribution in [0.15, 0.2) is 57.7 Å². The zero-order valence-electron chi connectivity index (χ0n) is 15.6. The summed E-state index contributed by atoms with van der Waals surface area (Å²) in [4.78, 5) is 36.1. The number of benzene rings is 2. The molecule has 0 bridgehead atoms. The number of ether oxygens (including phenoxy) is 1. The second-order valence-electron chi connectivity index (χ2n) is 6.48. The third kappa shape index (κ3) is 4.98. The Labute approximate surface area is 165 Å². The summed E-state index contributed by atoms with van der Waals surface area (Å²) in [6.45, 7) is 0. The van der Waals surface area contributed by atoms with E-state index in [-0.39, 0.29) is 12.8 Å². The molecule has 0 radical (unpaired) electrons. The van der Waals surface area contributed by atoms with E-state index >= 15 is 0 Å². The van der Waals surface area contributed by atoms with Crippen molar-refractivity contribution in [2.24, 2.45) is 5.73 Å². The molecule has 7 nitrogen and oxygen atoms in total. The largest absolute Gasteiger partial charge is 0.497 e. The molecule has 0 fully saturated rings. The van der Waals surface area contributed by atoms with Crippen molar-refractivity contribution in [1.29, 1.82) is 0 Å². The van der Waals surface area contributed by atoms with Gasteiger partial charge in [-0.1, -0.05) is 12.1 Å². The summed E-state index contributed by atoms with van der Waals surface area (Å²) in [6, 6.07) is 10.6. The Morgan fingerprint density at radius 1 is 1.17 bits per heavy atom. The number of nitrogens with two attached hydrogens (primary N) is 1. The lowest BCUT2D eigenvalue weighted by molar-refractivity contribution is -0.126. The van der Waals surface area contributed by atoms with Crippen LogP contribution >= 0.6 is 0 Å². The molecule has 0 aliphatic carbocycles. The molecule has 29 heavy (non-hydrogen) atoms. The number of halogens is 1. The van der Waals surface area contributed by atoms with Gasteiger partial charge >= 0.3 is 5.63 Å². The van der Waals surface area contributed by atoms with Crippen molar-refractivity contribution >= 4 is 22.8 Å². The van der Waals surface area contributed by atoms with Crippen LogP contribution in [-0.2, 0) is 22.4 Å². The minimum absolute atomic E-state index is 0.0128. The van der Waals surface area contributed by atoms with Gasteiger partial charge in [0, 0.05) is 23.9 Å². The van der Waals surface area contributed by atoms with E-state index in [0.29, 0.717) is 27.8 Å². The molecule has 2 aromatic carbocycles. The van der Waals surface area contributed by atoms with Gasteiger partial charge in [-0.2, -0.15) is 0 Å². The summed E-state index contributed by atoms with van der Waals surface area (Å²) in [5, 5.41) is 3.17. The fraction of sp³-hybridized carbons (Fsp3) is 0.190. The van der Waals surface area contributed by atoms with Crippen molar-refractivity contribution in [2.45, 2.75) is 18.9 Å². The van der Waals surface area contributed by atoms with Gasteiger partial charge in [-0.3, -0.25) is 9.59 Å². The maximum atomic E-state index is 13.0. The van der Waals surface area contributed by atoms with Gasteiger partial charge in [0.1, 0.15) is 23.2 Å². The van der Waals surface area contributed by atoms with Gasteiger partial charge in [-0.15, -0.1) is 0 Å². The first-order valence-corrected chi connectivity index (χ1v) is 8.79. The SMILES string of the molecule is COc1ccc2c(C[C@H](NC(=O)Cc3ccc(F)cc3)C(N)=O)cc(=O)oc2c1. The van der Waals surface area contributed by atoms with Crippen LogP contribution in [0.4, 0.5) is 4.39 Å². The second-order valence-corrected chi connectivity index (χ2v) is 6.48. The van der Waals surface area contributed by atoms with Crippen LogP contribution in [0, 0.1) is 5.82 Å². The van der Waals surface area contributed by atoms with E-state index in [9.17, 15) is 18.8 Å². The van der Waals surface area contributed by atoms with Crippen LogP contribution in [0.1, 0.15) is 11.1 Å². The Bertz CT molecular complexity index is 1110. The van der Waals surface area contributed by atoms with Crippen molar-refractivity contribution in [3.05, 3.63) is 75.9 Å². The van der Waals surface area contributed by atoms with Crippen molar-refractivity contribution in [3.63, 3.8) is 0 Å². The Morgan fingerprint density at radius 2 is 1.90 bits per heavy atom. The molecule has 0 spiro atoms. The quantitative estimate of drug-likeness (QED) is 0.589. The molecule has 150 valence electrons. The van der Waals surface area contributed by atoms with E-state index < -0.39 is 29.3 Å². The molecule has 1 aromatic heterocycles. The lowest BCUT2D eigenvalue weighted by Crippen LogP contribution is -2.46. The summed E-state index contributed by atoms with van der Waals surface area (Å²) in [5.41, 5.74) is 6.24. The number of hydrogen-bond donors (Lipinski definition) is 2. The zero-order chi connectivity index (χ0) is 21.0. The van der Waals surface area contributed by atoms with Gasteiger partial charge in [0.2, 0.25) is 11.8 Å². The molecule has 0 aliphatic rings. The fourth-order valence-electron chi connectivity index (χ4n) is 2.98. The van der Waals surface area contributed by atoms with Crippen LogP contribution in [0.3, 0.4) is 0 Å². The van der Waals surface area contributed by atoms with E-state index in [1.807, 2.05) is 0 Å². The monoisotopic (exact) mass is 398 g/mol. The molecule has 8 heteroatoms. The predicted molar refractivity (Wildman–Crippen MR) is 104 cm³/mol. The summed E-state index contributed by atoms with van der Waals surface area (Å²) in [5.74, 6) is -1.09. The van der Waals surface area contributed by atoms with Crippen LogP contribution < -0.4 is 21.4 Å². The molecular weight excluding hydrogens is 379 g/mol. The van der Waals surface area contributed by atoms with Crippen LogP contribution in [0.25, 0.3) is 11.0 Å². The Balaban J connectivity index is 1.81. The molecule has 2 amide bonds. The average Bonchev–Trinajstić information content (AvgIpc) is 2.68. The Kier molecular flexibility index (Phi) is 5.92. The van der Waals surface area contributed by atoms with Gasteiger partial charge in [-0.05, 0) is 35.4 Å². The Morgan fingerprint density at radius 3 is 2.55 bits per heavy atom. The van der Waals surface area contributed by atoms with Crippen molar-refractivity contribution < 1.29 is 23.1 Å². The van der Waals surface area contributed by atoms with Gasteiger partial charge in [0.25, 0.3) is 0 Å². The predicted octanol–water partition coefficient (Wildman–Crippen LogP) is 1.70. The smallest absolute Gasteiger partial charge is 0.336 e. The van der Waals surface area contributed by atoms with Crippen LogP contribution in [-0.4, -0.2) is 25.0 Å². The number of hydrogen-bond acceptors (Lipinski definition) is 5. The molecule has 1 atom stereocenters. The highest BCUT2D eigenvalue weighted by molar-refractivity contribution is 5.89. The minimum Gasteiger partial charge on any atom is -0.497 e. The average molecular weight is 398 g/mol. The molecule has 0 aliphatic heterocycles. The maximum absolute atomic E-state index is 13.0. The molecule has 3 N–H and O–H groups in total. The number of rotatable bonds is 7. The summed E-state index contributed by atoms with van der Waals surface area (Å²) >= 11 is 0.